The van der Waals surface area contributed by atoms with Crippen LogP contribution in [0.15, 0.2) is 21.7 Å². The van der Waals surface area contributed by atoms with Crippen molar-refractivity contribution in [2.45, 2.75) is 22.9 Å². The molecule has 0 saturated carbocycles. The summed E-state index contributed by atoms with van der Waals surface area (Å²) in [7, 11) is -3.28. The summed E-state index contributed by atoms with van der Waals surface area (Å²) in [5, 5.41) is 1.87. The van der Waals surface area contributed by atoms with E-state index >= 15 is 0 Å². The van der Waals surface area contributed by atoms with Crippen LogP contribution in [0.25, 0.3) is 0 Å². The zero-order valence-electron chi connectivity index (χ0n) is 8.97. The molecule has 1 aromatic rings. The Morgan fingerprint density at radius 1 is 1.56 bits per heavy atom. The van der Waals surface area contributed by atoms with Gasteiger partial charge >= 0.3 is 0 Å². The Bertz CT molecular complexity index is 443. The first kappa shape index (κ1) is 12.4. The van der Waals surface area contributed by atoms with Crippen LogP contribution in [-0.2, 0) is 10.0 Å². The van der Waals surface area contributed by atoms with Gasteiger partial charge in [0.2, 0.25) is 0 Å². The first-order chi connectivity index (χ1) is 7.51. The maximum Gasteiger partial charge on any atom is 0.252 e. The highest BCUT2D eigenvalue weighted by atomic mass is 35.5. The highest BCUT2D eigenvalue weighted by Gasteiger charge is 2.32. The number of rotatable bonds is 2. The Morgan fingerprint density at radius 2 is 2.31 bits per heavy atom. The van der Waals surface area contributed by atoms with Crippen LogP contribution in [0.5, 0.6) is 0 Å². The van der Waals surface area contributed by atoms with Crippen molar-refractivity contribution in [2.75, 3.05) is 13.1 Å². The quantitative estimate of drug-likeness (QED) is 0.780. The van der Waals surface area contributed by atoms with Crippen molar-refractivity contribution in [3.05, 3.63) is 17.5 Å². The zero-order chi connectivity index (χ0) is 11.8. The lowest BCUT2D eigenvalue weighted by Gasteiger charge is -2.32. The van der Waals surface area contributed by atoms with Gasteiger partial charge < -0.3 is 0 Å². The normalized spacial score (nSPS) is 28.1. The molecule has 1 aliphatic heterocycles. The second kappa shape index (κ2) is 4.64. The standard InChI is InChI=1S/C10H14ClNO2S2/c1-8-7-12(5-4-9(8)11)16(13,14)10-3-2-6-15-10/h2-3,6,8-9H,4-5,7H2,1H3. The first-order valence-electron chi connectivity index (χ1n) is 5.19. The van der Waals surface area contributed by atoms with Crippen molar-refractivity contribution in [3.8, 4) is 0 Å². The minimum absolute atomic E-state index is 0.0924. The van der Waals surface area contributed by atoms with E-state index in [1.807, 2.05) is 6.92 Å². The third kappa shape index (κ3) is 2.27. The molecule has 0 amide bonds. The molecule has 0 aliphatic carbocycles. The molecule has 1 aliphatic rings. The van der Waals surface area contributed by atoms with E-state index in [2.05, 4.69) is 0 Å². The Labute approximate surface area is 105 Å². The van der Waals surface area contributed by atoms with Gasteiger partial charge in [0.25, 0.3) is 10.0 Å². The number of piperidine rings is 1. The molecule has 1 fully saturated rings. The fraction of sp³-hybridized carbons (Fsp3) is 0.600. The highest BCUT2D eigenvalue weighted by molar-refractivity contribution is 7.91. The zero-order valence-corrected chi connectivity index (χ0v) is 11.4. The summed E-state index contributed by atoms with van der Waals surface area (Å²) in [6.07, 6.45) is 0.729. The number of thiophene rings is 1. The number of sulfonamides is 1. The lowest BCUT2D eigenvalue weighted by molar-refractivity contribution is 0.286. The van der Waals surface area contributed by atoms with Crippen molar-refractivity contribution >= 4 is 33.0 Å². The first-order valence-corrected chi connectivity index (χ1v) is 7.95. The molecule has 16 heavy (non-hydrogen) atoms. The maximum absolute atomic E-state index is 12.2. The van der Waals surface area contributed by atoms with E-state index in [9.17, 15) is 8.42 Å². The van der Waals surface area contributed by atoms with Gasteiger partial charge in [-0.25, -0.2) is 8.42 Å². The van der Waals surface area contributed by atoms with Crippen molar-refractivity contribution < 1.29 is 8.42 Å². The van der Waals surface area contributed by atoms with Crippen LogP contribution in [-0.4, -0.2) is 31.2 Å². The summed E-state index contributed by atoms with van der Waals surface area (Å²) < 4.78 is 26.4. The molecule has 0 spiro atoms. The van der Waals surface area contributed by atoms with Gasteiger partial charge in [-0.05, 0) is 23.8 Å². The third-order valence-corrected chi connectivity index (χ3v) is 6.74. The molecule has 2 unspecified atom stereocenters. The number of nitrogens with zero attached hydrogens (tertiary/aromatic N) is 1. The van der Waals surface area contributed by atoms with E-state index in [4.69, 9.17) is 11.6 Å². The van der Waals surface area contributed by atoms with Crippen LogP contribution in [0.4, 0.5) is 0 Å². The van der Waals surface area contributed by atoms with Crippen LogP contribution < -0.4 is 0 Å². The van der Waals surface area contributed by atoms with Crippen molar-refractivity contribution in [1.29, 1.82) is 0 Å². The van der Waals surface area contributed by atoms with E-state index in [1.54, 1.807) is 21.8 Å². The Morgan fingerprint density at radius 3 is 2.88 bits per heavy atom. The summed E-state index contributed by atoms with van der Waals surface area (Å²) in [5.41, 5.74) is 0. The molecule has 2 heterocycles. The number of hydrogen-bond donors (Lipinski definition) is 0. The Kier molecular flexibility index (Phi) is 3.59. The highest BCUT2D eigenvalue weighted by Crippen LogP contribution is 2.28. The fourth-order valence-corrected chi connectivity index (χ4v) is 4.71. The Balaban J connectivity index is 2.20. The van der Waals surface area contributed by atoms with Crippen LogP contribution in [0.2, 0.25) is 0 Å². The number of alkyl halides is 1. The van der Waals surface area contributed by atoms with Crippen molar-refractivity contribution in [3.63, 3.8) is 0 Å². The predicted octanol–water partition coefficient (Wildman–Crippen LogP) is 2.39. The van der Waals surface area contributed by atoms with Gasteiger partial charge in [0.15, 0.2) is 0 Å². The van der Waals surface area contributed by atoms with E-state index in [-0.39, 0.29) is 11.3 Å². The van der Waals surface area contributed by atoms with Crippen LogP contribution in [0.3, 0.4) is 0 Å². The summed E-state index contributed by atoms with van der Waals surface area (Å²) in [6.45, 7) is 3.04. The number of hydrogen-bond acceptors (Lipinski definition) is 3. The molecular formula is C10H14ClNO2S2. The summed E-state index contributed by atoms with van der Waals surface area (Å²) in [6, 6.07) is 3.41. The average Bonchev–Trinajstić information content (AvgIpc) is 2.75. The smallest absolute Gasteiger partial charge is 0.206 e. The summed E-state index contributed by atoms with van der Waals surface area (Å²) >= 11 is 7.35. The molecule has 3 nitrogen and oxygen atoms in total. The monoisotopic (exact) mass is 279 g/mol. The molecule has 0 N–H and O–H groups in total. The molecule has 1 aromatic heterocycles. The maximum atomic E-state index is 12.2. The average molecular weight is 280 g/mol. The topological polar surface area (TPSA) is 37.4 Å². The molecule has 90 valence electrons. The van der Waals surface area contributed by atoms with E-state index in [0.29, 0.717) is 17.3 Å². The largest absolute Gasteiger partial charge is 0.252 e. The second-order valence-electron chi connectivity index (χ2n) is 4.08. The third-order valence-electron chi connectivity index (χ3n) is 2.85. The van der Waals surface area contributed by atoms with Gasteiger partial charge in [0.1, 0.15) is 4.21 Å². The SMILES string of the molecule is CC1CN(S(=O)(=O)c2cccs2)CCC1Cl. The second-order valence-corrected chi connectivity index (χ2v) is 7.75. The van der Waals surface area contributed by atoms with Gasteiger partial charge in [-0.1, -0.05) is 13.0 Å². The molecule has 2 rings (SSSR count). The summed E-state index contributed by atoms with van der Waals surface area (Å²) in [4.78, 5) is 0. The predicted molar refractivity (Wildman–Crippen MR) is 66.5 cm³/mol. The molecule has 0 bridgehead atoms. The minimum Gasteiger partial charge on any atom is -0.206 e. The van der Waals surface area contributed by atoms with E-state index in [1.165, 1.54) is 11.3 Å². The van der Waals surface area contributed by atoms with Gasteiger partial charge in [-0.3, -0.25) is 0 Å². The lowest BCUT2D eigenvalue weighted by atomic mass is 10.0. The van der Waals surface area contributed by atoms with Crippen LogP contribution in [0.1, 0.15) is 13.3 Å². The number of halogens is 1. The molecular weight excluding hydrogens is 266 g/mol. The van der Waals surface area contributed by atoms with Crippen LogP contribution >= 0.6 is 22.9 Å². The lowest BCUT2D eigenvalue weighted by Crippen LogP contribution is -2.43. The molecule has 6 heteroatoms. The fourth-order valence-electron chi connectivity index (χ4n) is 1.83. The van der Waals surface area contributed by atoms with E-state index < -0.39 is 10.0 Å². The Hall–Kier alpha value is -0.100. The minimum atomic E-state index is -3.28. The van der Waals surface area contributed by atoms with Gasteiger partial charge in [0.05, 0.1) is 0 Å². The molecule has 2 atom stereocenters. The van der Waals surface area contributed by atoms with E-state index in [0.717, 1.165) is 6.42 Å². The van der Waals surface area contributed by atoms with Crippen molar-refractivity contribution in [2.24, 2.45) is 5.92 Å². The van der Waals surface area contributed by atoms with Gasteiger partial charge in [0, 0.05) is 18.5 Å². The van der Waals surface area contributed by atoms with Gasteiger partial charge in [-0.15, -0.1) is 22.9 Å². The molecule has 0 aromatic carbocycles. The van der Waals surface area contributed by atoms with Crippen molar-refractivity contribution in [1.82, 2.24) is 4.31 Å². The molecule has 1 saturated heterocycles. The van der Waals surface area contributed by atoms with Crippen LogP contribution in [0, 0.1) is 5.92 Å². The molecule has 0 radical (unpaired) electrons. The van der Waals surface area contributed by atoms with Gasteiger partial charge in [-0.2, -0.15) is 4.31 Å². The summed E-state index contributed by atoms with van der Waals surface area (Å²) in [5.74, 6) is 0.213.